The Morgan fingerprint density at radius 2 is 1.95 bits per heavy atom. The van der Waals surface area contributed by atoms with Gasteiger partial charge in [0.05, 0.1) is 0 Å². The Hall–Kier alpha value is -0.400. The first-order chi connectivity index (χ1) is 9.12. The van der Waals surface area contributed by atoms with Crippen molar-refractivity contribution in [1.29, 1.82) is 0 Å². The molecule has 0 saturated heterocycles. The molecule has 1 spiro atoms. The molecule has 1 nitrogen and oxygen atoms in total. The average Bonchev–Trinajstić information content (AvgIpc) is 2.43. The van der Waals surface area contributed by atoms with Gasteiger partial charge in [0, 0.05) is 22.2 Å². The largest absolute Gasteiger partial charge is 0.489 e. The van der Waals surface area contributed by atoms with E-state index in [0.717, 1.165) is 22.8 Å². The van der Waals surface area contributed by atoms with Crippen molar-refractivity contribution < 1.29 is 4.74 Å². The normalized spacial score (nSPS) is 29.0. The molecule has 3 rings (SSSR count). The smallest absolute Gasteiger partial charge is 0.124 e. The van der Waals surface area contributed by atoms with Crippen LogP contribution in [0.25, 0.3) is 0 Å². The quantitative estimate of drug-likeness (QED) is 0.668. The molecule has 2 atom stereocenters. The number of rotatable bonds is 2. The predicted molar refractivity (Wildman–Crippen MR) is 80.4 cm³/mol. The van der Waals surface area contributed by atoms with Crippen molar-refractivity contribution in [2.75, 3.05) is 0 Å². The van der Waals surface area contributed by atoms with Crippen LogP contribution in [0.1, 0.15) is 44.1 Å². The summed E-state index contributed by atoms with van der Waals surface area (Å²) >= 11 is 12.6. The molecule has 0 aliphatic heterocycles. The van der Waals surface area contributed by atoms with E-state index in [1.165, 1.54) is 32.1 Å². The summed E-state index contributed by atoms with van der Waals surface area (Å²) in [7, 11) is 0. The highest BCUT2D eigenvalue weighted by Gasteiger charge is 2.55. The van der Waals surface area contributed by atoms with E-state index in [0.29, 0.717) is 0 Å². The lowest BCUT2D eigenvalue weighted by atomic mass is 9.58. The Balaban J connectivity index is 1.78. The highest BCUT2D eigenvalue weighted by atomic mass is 35.5. The Morgan fingerprint density at radius 1 is 1.21 bits per heavy atom. The fraction of sp³-hybridized carbons (Fsp3) is 0.625. The second-order valence-electron chi connectivity index (χ2n) is 6.01. The Labute approximate surface area is 125 Å². The van der Waals surface area contributed by atoms with Gasteiger partial charge in [-0.3, -0.25) is 0 Å². The van der Waals surface area contributed by atoms with Gasteiger partial charge in [-0.1, -0.05) is 36.9 Å². The molecule has 0 amide bonds. The zero-order chi connectivity index (χ0) is 13.5. The molecule has 0 heterocycles. The fourth-order valence-corrected chi connectivity index (χ4v) is 4.25. The van der Waals surface area contributed by atoms with Gasteiger partial charge in [0.15, 0.2) is 0 Å². The number of ether oxygens (including phenoxy) is 1. The number of hydrogen-bond donors (Lipinski definition) is 0. The van der Waals surface area contributed by atoms with Crippen LogP contribution in [-0.4, -0.2) is 11.5 Å². The minimum atomic E-state index is 0.217. The zero-order valence-electron chi connectivity index (χ0n) is 11.3. The van der Waals surface area contributed by atoms with E-state index in [9.17, 15) is 0 Å². The molecule has 104 valence electrons. The van der Waals surface area contributed by atoms with Gasteiger partial charge in [0.1, 0.15) is 11.9 Å². The third kappa shape index (κ3) is 2.36. The monoisotopic (exact) mass is 298 g/mol. The molecule has 2 aliphatic rings. The van der Waals surface area contributed by atoms with Crippen LogP contribution in [0.5, 0.6) is 5.75 Å². The second-order valence-corrected chi connectivity index (χ2v) is 6.98. The standard InChI is InChI=1S/C16H20Cl2O/c1-11-5-6-12(17)9-13(11)19-15-10-14(18)16(15)7-3-2-4-8-16/h5-6,9,14-15H,2-4,7-8,10H2,1H3. The van der Waals surface area contributed by atoms with Crippen molar-refractivity contribution in [3.63, 3.8) is 0 Å². The van der Waals surface area contributed by atoms with Crippen LogP contribution < -0.4 is 4.74 Å². The Morgan fingerprint density at radius 3 is 2.63 bits per heavy atom. The van der Waals surface area contributed by atoms with E-state index in [-0.39, 0.29) is 16.9 Å². The van der Waals surface area contributed by atoms with Crippen LogP contribution in [0.4, 0.5) is 0 Å². The van der Waals surface area contributed by atoms with Gasteiger partial charge in [-0.05, 0) is 37.5 Å². The lowest BCUT2D eigenvalue weighted by Crippen LogP contribution is -2.58. The maximum absolute atomic E-state index is 6.51. The van der Waals surface area contributed by atoms with E-state index in [2.05, 4.69) is 6.92 Å². The molecule has 2 unspecified atom stereocenters. The molecule has 0 bridgehead atoms. The van der Waals surface area contributed by atoms with E-state index in [1.807, 2.05) is 18.2 Å². The zero-order valence-corrected chi connectivity index (χ0v) is 12.8. The second kappa shape index (κ2) is 5.18. The lowest BCUT2D eigenvalue weighted by molar-refractivity contribution is -0.0653. The maximum Gasteiger partial charge on any atom is 0.124 e. The van der Waals surface area contributed by atoms with Gasteiger partial charge in [0.25, 0.3) is 0 Å². The van der Waals surface area contributed by atoms with Crippen molar-refractivity contribution in [3.05, 3.63) is 28.8 Å². The number of benzene rings is 1. The predicted octanol–water partition coefficient (Wildman–Crippen LogP) is 5.36. The number of hydrogen-bond acceptors (Lipinski definition) is 1. The molecule has 2 fully saturated rings. The average molecular weight is 299 g/mol. The number of alkyl halides is 1. The Bertz CT molecular complexity index is 466. The number of aryl methyl sites for hydroxylation is 1. The van der Waals surface area contributed by atoms with Crippen molar-refractivity contribution in [1.82, 2.24) is 0 Å². The molecule has 19 heavy (non-hydrogen) atoms. The highest BCUT2D eigenvalue weighted by molar-refractivity contribution is 6.30. The molecule has 0 radical (unpaired) electrons. The third-order valence-corrected chi connectivity index (χ3v) is 5.74. The van der Waals surface area contributed by atoms with Crippen LogP contribution in [0.3, 0.4) is 0 Å². The molecule has 1 aromatic carbocycles. The van der Waals surface area contributed by atoms with Crippen molar-refractivity contribution in [2.24, 2.45) is 5.41 Å². The molecule has 3 heteroatoms. The van der Waals surface area contributed by atoms with E-state index in [1.54, 1.807) is 0 Å². The lowest BCUT2D eigenvalue weighted by Gasteiger charge is -2.55. The molecule has 1 aromatic rings. The summed E-state index contributed by atoms with van der Waals surface area (Å²) < 4.78 is 6.26. The molecular formula is C16H20Cl2O. The first-order valence-corrected chi connectivity index (χ1v) is 8.00. The van der Waals surface area contributed by atoms with Crippen LogP contribution in [0, 0.1) is 12.3 Å². The molecular weight excluding hydrogens is 279 g/mol. The number of halogens is 2. The summed E-state index contributed by atoms with van der Waals surface area (Å²) in [6.07, 6.45) is 7.58. The maximum atomic E-state index is 6.51. The van der Waals surface area contributed by atoms with E-state index >= 15 is 0 Å². The molecule has 0 N–H and O–H groups in total. The van der Waals surface area contributed by atoms with Gasteiger partial charge in [-0.25, -0.2) is 0 Å². The van der Waals surface area contributed by atoms with Crippen molar-refractivity contribution >= 4 is 23.2 Å². The Kier molecular flexibility index (Phi) is 3.70. The van der Waals surface area contributed by atoms with Gasteiger partial charge in [0.2, 0.25) is 0 Å². The van der Waals surface area contributed by atoms with Crippen molar-refractivity contribution in [2.45, 2.75) is 56.9 Å². The SMILES string of the molecule is Cc1ccc(Cl)cc1OC1CC(Cl)C12CCCCC2. The summed E-state index contributed by atoms with van der Waals surface area (Å²) in [5, 5.41) is 1.03. The van der Waals surface area contributed by atoms with Gasteiger partial charge in [-0.2, -0.15) is 0 Å². The summed E-state index contributed by atoms with van der Waals surface area (Å²) in [4.78, 5) is 0. The molecule has 2 aliphatic carbocycles. The van der Waals surface area contributed by atoms with Gasteiger partial charge >= 0.3 is 0 Å². The summed E-state index contributed by atoms with van der Waals surface area (Å²) in [6.45, 7) is 2.07. The first kappa shape index (κ1) is 13.6. The summed E-state index contributed by atoms with van der Waals surface area (Å²) in [6, 6.07) is 5.85. The van der Waals surface area contributed by atoms with Crippen molar-refractivity contribution in [3.8, 4) is 5.75 Å². The summed E-state index contributed by atoms with van der Waals surface area (Å²) in [5.74, 6) is 0.922. The minimum absolute atomic E-state index is 0.217. The van der Waals surface area contributed by atoms with E-state index in [4.69, 9.17) is 27.9 Å². The topological polar surface area (TPSA) is 9.23 Å². The minimum Gasteiger partial charge on any atom is -0.489 e. The van der Waals surface area contributed by atoms with Gasteiger partial charge < -0.3 is 4.74 Å². The molecule has 2 saturated carbocycles. The van der Waals surface area contributed by atoms with Crippen LogP contribution >= 0.6 is 23.2 Å². The van der Waals surface area contributed by atoms with Crippen LogP contribution in [0.2, 0.25) is 5.02 Å². The fourth-order valence-electron chi connectivity index (χ4n) is 3.56. The van der Waals surface area contributed by atoms with Gasteiger partial charge in [-0.15, -0.1) is 11.6 Å². The third-order valence-electron chi connectivity index (χ3n) is 4.89. The van der Waals surface area contributed by atoms with E-state index < -0.39 is 0 Å². The molecule has 0 aromatic heterocycles. The highest BCUT2D eigenvalue weighted by Crippen LogP contribution is 2.55. The van der Waals surface area contributed by atoms with Crippen LogP contribution in [0.15, 0.2) is 18.2 Å². The van der Waals surface area contributed by atoms with Crippen LogP contribution in [-0.2, 0) is 0 Å². The summed E-state index contributed by atoms with van der Waals surface area (Å²) in [5.41, 5.74) is 1.36. The first-order valence-electron chi connectivity index (χ1n) is 7.19.